The van der Waals surface area contributed by atoms with Crippen molar-refractivity contribution in [3.05, 3.63) is 29.6 Å². The van der Waals surface area contributed by atoms with Gasteiger partial charge in [-0.1, -0.05) is 15.9 Å². The maximum absolute atomic E-state index is 12.7. The van der Waals surface area contributed by atoms with E-state index < -0.39 is 0 Å². The summed E-state index contributed by atoms with van der Waals surface area (Å²) >= 11 is 3.33. The Hall–Kier alpha value is -0.570. The predicted molar refractivity (Wildman–Crippen MR) is 48.3 cm³/mol. The number of benzene rings is 1. The largest absolute Gasteiger partial charge is 0.489 e. The van der Waals surface area contributed by atoms with Crippen LogP contribution in [0.25, 0.3) is 0 Å². The van der Waals surface area contributed by atoms with Crippen LogP contribution in [0.5, 0.6) is 5.75 Å². The Balaban J connectivity index is 2.30. The Labute approximate surface area is 78.7 Å². The zero-order valence-electron chi connectivity index (χ0n) is 6.39. The van der Waals surface area contributed by atoms with E-state index in [0.29, 0.717) is 0 Å². The van der Waals surface area contributed by atoms with Crippen LogP contribution in [-0.4, -0.2) is 11.4 Å². The molecule has 0 spiro atoms. The summed E-state index contributed by atoms with van der Waals surface area (Å²) in [6.45, 7) is 0. The van der Waals surface area contributed by atoms with Gasteiger partial charge in [0.2, 0.25) is 0 Å². The van der Waals surface area contributed by atoms with Crippen molar-refractivity contribution in [2.45, 2.75) is 12.5 Å². The number of fused-ring (bicyclic) bond motifs is 1. The SMILES string of the molecule is Fc1ccc2c(c1)C[C@@H](CBr)O2. The zero-order chi connectivity index (χ0) is 8.55. The molecule has 1 aromatic rings. The van der Waals surface area contributed by atoms with E-state index in [-0.39, 0.29) is 11.9 Å². The van der Waals surface area contributed by atoms with Gasteiger partial charge >= 0.3 is 0 Å². The van der Waals surface area contributed by atoms with Gasteiger partial charge in [-0.05, 0) is 18.2 Å². The van der Waals surface area contributed by atoms with Crippen molar-refractivity contribution in [2.75, 3.05) is 5.33 Å². The molecule has 12 heavy (non-hydrogen) atoms. The molecule has 1 nitrogen and oxygen atoms in total. The molecule has 1 aliphatic rings. The number of alkyl halides is 1. The van der Waals surface area contributed by atoms with Crippen molar-refractivity contribution in [1.82, 2.24) is 0 Å². The number of ether oxygens (including phenoxy) is 1. The molecule has 0 saturated carbocycles. The molecule has 3 heteroatoms. The van der Waals surface area contributed by atoms with Crippen LogP contribution in [0.4, 0.5) is 4.39 Å². The summed E-state index contributed by atoms with van der Waals surface area (Å²) < 4.78 is 18.2. The van der Waals surface area contributed by atoms with E-state index in [0.717, 1.165) is 23.1 Å². The third-order valence-corrected chi connectivity index (χ3v) is 2.66. The minimum atomic E-state index is -0.187. The average molecular weight is 231 g/mol. The lowest BCUT2D eigenvalue weighted by Crippen LogP contribution is -2.13. The summed E-state index contributed by atoms with van der Waals surface area (Å²) in [6, 6.07) is 4.65. The first-order valence-corrected chi connectivity index (χ1v) is 4.93. The maximum atomic E-state index is 12.7. The summed E-state index contributed by atoms with van der Waals surface area (Å²) in [5.41, 5.74) is 0.972. The summed E-state index contributed by atoms with van der Waals surface area (Å²) in [7, 11) is 0. The van der Waals surface area contributed by atoms with Crippen LogP contribution in [-0.2, 0) is 6.42 Å². The molecule has 0 N–H and O–H groups in total. The molecule has 1 heterocycles. The van der Waals surface area contributed by atoms with Crippen molar-refractivity contribution in [3.8, 4) is 5.75 Å². The second-order valence-electron chi connectivity index (χ2n) is 2.85. The zero-order valence-corrected chi connectivity index (χ0v) is 7.97. The van der Waals surface area contributed by atoms with Gasteiger partial charge in [0.1, 0.15) is 17.7 Å². The number of halogens is 2. The molecule has 1 aromatic carbocycles. The van der Waals surface area contributed by atoms with Crippen LogP contribution >= 0.6 is 15.9 Å². The molecule has 0 fully saturated rings. The van der Waals surface area contributed by atoms with E-state index in [1.165, 1.54) is 12.1 Å². The lowest BCUT2D eigenvalue weighted by molar-refractivity contribution is 0.260. The molecule has 0 saturated heterocycles. The molecule has 0 aromatic heterocycles. The van der Waals surface area contributed by atoms with Crippen molar-refractivity contribution in [3.63, 3.8) is 0 Å². The first-order chi connectivity index (χ1) is 5.79. The van der Waals surface area contributed by atoms with Crippen molar-refractivity contribution < 1.29 is 9.13 Å². The lowest BCUT2D eigenvalue weighted by Gasteiger charge is -2.04. The Morgan fingerprint density at radius 2 is 2.42 bits per heavy atom. The summed E-state index contributed by atoms with van der Waals surface area (Å²) in [6.07, 6.45) is 0.972. The third-order valence-electron chi connectivity index (χ3n) is 1.94. The average Bonchev–Trinajstić information content (AvgIpc) is 2.46. The van der Waals surface area contributed by atoms with E-state index in [2.05, 4.69) is 15.9 Å². The molecule has 1 atom stereocenters. The van der Waals surface area contributed by atoms with Crippen molar-refractivity contribution in [2.24, 2.45) is 0 Å². The monoisotopic (exact) mass is 230 g/mol. The predicted octanol–water partition coefficient (Wildman–Crippen LogP) is 2.52. The standard InChI is InChI=1S/C9H8BrFO/c10-5-8-4-6-3-7(11)1-2-9(6)12-8/h1-3,8H,4-5H2/t8-/m0/s1. The smallest absolute Gasteiger partial charge is 0.123 e. The molecule has 64 valence electrons. The molecule has 0 bridgehead atoms. The molecular formula is C9H8BrFO. The van der Waals surface area contributed by atoms with Gasteiger partial charge in [0, 0.05) is 17.3 Å². The molecule has 0 unspecified atom stereocenters. The van der Waals surface area contributed by atoms with Crippen LogP contribution in [0.15, 0.2) is 18.2 Å². The highest BCUT2D eigenvalue weighted by molar-refractivity contribution is 9.09. The van der Waals surface area contributed by atoms with E-state index in [1.54, 1.807) is 6.07 Å². The van der Waals surface area contributed by atoms with Crippen LogP contribution in [0.3, 0.4) is 0 Å². The quantitative estimate of drug-likeness (QED) is 0.675. The molecule has 0 radical (unpaired) electrons. The fourth-order valence-electron chi connectivity index (χ4n) is 1.38. The highest BCUT2D eigenvalue weighted by atomic mass is 79.9. The van der Waals surface area contributed by atoms with Gasteiger partial charge in [0.25, 0.3) is 0 Å². The third kappa shape index (κ3) is 1.33. The highest BCUT2D eigenvalue weighted by Crippen LogP contribution is 2.29. The van der Waals surface area contributed by atoms with Crippen molar-refractivity contribution in [1.29, 1.82) is 0 Å². The number of hydrogen-bond donors (Lipinski definition) is 0. The Morgan fingerprint density at radius 3 is 3.17 bits per heavy atom. The number of hydrogen-bond acceptors (Lipinski definition) is 1. The van der Waals surface area contributed by atoms with Crippen LogP contribution in [0.1, 0.15) is 5.56 Å². The minimum absolute atomic E-state index is 0.168. The van der Waals surface area contributed by atoms with Crippen LogP contribution in [0.2, 0.25) is 0 Å². The second-order valence-corrected chi connectivity index (χ2v) is 3.50. The Morgan fingerprint density at radius 1 is 1.58 bits per heavy atom. The van der Waals surface area contributed by atoms with E-state index in [1.807, 2.05) is 0 Å². The van der Waals surface area contributed by atoms with Gasteiger partial charge in [-0.25, -0.2) is 4.39 Å². The summed E-state index contributed by atoms with van der Waals surface area (Å²) in [5.74, 6) is 0.633. The fraction of sp³-hybridized carbons (Fsp3) is 0.333. The van der Waals surface area contributed by atoms with E-state index >= 15 is 0 Å². The molecular weight excluding hydrogens is 223 g/mol. The highest BCUT2D eigenvalue weighted by Gasteiger charge is 2.21. The normalized spacial score (nSPS) is 20.3. The molecule has 2 rings (SSSR count). The van der Waals surface area contributed by atoms with Gasteiger partial charge in [0.15, 0.2) is 0 Å². The van der Waals surface area contributed by atoms with Crippen LogP contribution in [0, 0.1) is 5.82 Å². The van der Waals surface area contributed by atoms with Crippen molar-refractivity contribution >= 4 is 15.9 Å². The Kier molecular flexibility index (Phi) is 2.05. The molecule has 1 aliphatic heterocycles. The fourth-order valence-corrected chi connectivity index (χ4v) is 1.74. The summed E-state index contributed by atoms with van der Waals surface area (Å²) in [4.78, 5) is 0. The molecule has 0 aliphatic carbocycles. The maximum Gasteiger partial charge on any atom is 0.123 e. The lowest BCUT2D eigenvalue weighted by atomic mass is 10.1. The van der Waals surface area contributed by atoms with Gasteiger partial charge in [-0.3, -0.25) is 0 Å². The first kappa shape index (κ1) is 8.05. The van der Waals surface area contributed by atoms with E-state index in [4.69, 9.17) is 4.74 Å². The van der Waals surface area contributed by atoms with Crippen LogP contribution < -0.4 is 4.74 Å². The van der Waals surface area contributed by atoms with Gasteiger partial charge in [-0.15, -0.1) is 0 Å². The molecule has 0 amide bonds. The first-order valence-electron chi connectivity index (χ1n) is 3.80. The topological polar surface area (TPSA) is 9.23 Å². The Bertz CT molecular complexity index is 301. The summed E-state index contributed by atoms with van der Waals surface area (Å²) in [5, 5.41) is 0.795. The van der Waals surface area contributed by atoms with Gasteiger partial charge < -0.3 is 4.74 Å². The minimum Gasteiger partial charge on any atom is -0.489 e. The van der Waals surface area contributed by atoms with Gasteiger partial charge in [0.05, 0.1) is 0 Å². The number of rotatable bonds is 1. The second kappa shape index (κ2) is 3.05. The van der Waals surface area contributed by atoms with Gasteiger partial charge in [-0.2, -0.15) is 0 Å². The van der Waals surface area contributed by atoms with E-state index in [9.17, 15) is 4.39 Å².